The van der Waals surface area contributed by atoms with E-state index in [4.69, 9.17) is 23.9 Å². The number of fused-ring (bicyclic) bond motifs is 2. The molecule has 1 aromatic carbocycles. The molecule has 200 valence electrons. The number of hydrogen-bond acceptors (Lipinski definition) is 8. The number of rotatable bonds is 8. The van der Waals surface area contributed by atoms with Crippen molar-refractivity contribution in [3.05, 3.63) is 89.7 Å². The molecular weight excluding hydrogens is 504 g/mol. The highest BCUT2D eigenvalue weighted by atomic mass is 16.5. The Morgan fingerprint density at radius 3 is 2.88 bits per heavy atom. The van der Waals surface area contributed by atoms with Gasteiger partial charge in [-0.25, -0.2) is 15.0 Å². The first-order chi connectivity index (χ1) is 19.7. The van der Waals surface area contributed by atoms with Crippen molar-refractivity contribution >= 4 is 27.7 Å². The quantitative estimate of drug-likeness (QED) is 0.272. The van der Waals surface area contributed by atoms with Crippen LogP contribution in [0.3, 0.4) is 0 Å². The highest BCUT2D eigenvalue weighted by Crippen LogP contribution is 2.27. The molecule has 5 aromatic rings. The number of nitriles is 1. The van der Waals surface area contributed by atoms with Crippen molar-refractivity contribution in [1.29, 1.82) is 5.26 Å². The molecule has 9 heteroatoms. The number of furan rings is 1. The fraction of sp³-hybridized carbons (Fsp3) is 0.290. The first-order valence-electron chi connectivity index (χ1n) is 13.6. The zero-order chi connectivity index (χ0) is 26.9. The Hall–Kier alpha value is -4.52. The molecule has 7 rings (SSSR count). The van der Waals surface area contributed by atoms with Crippen molar-refractivity contribution in [2.24, 2.45) is 0 Å². The van der Waals surface area contributed by atoms with Crippen LogP contribution in [0.5, 0.6) is 5.88 Å². The highest BCUT2D eigenvalue weighted by molar-refractivity contribution is 5.86. The Morgan fingerprint density at radius 2 is 2.05 bits per heavy atom. The van der Waals surface area contributed by atoms with Gasteiger partial charge in [0.15, 0.2) is 5.65 Å². The van der Waals surface area contributed by atoms with Crippen LogP contribution in [-0.2, 0) is 24.4 Å². The van der Waals surface area contributed by atoms with Crippen molar-refractivity contribution in [2.75, 3.05) is 19.7 Å². The topological polar surface area (TPSA) is 102 Å². The molecule has 1 fully saturated rings. The van der Waals surface area contributed by atoms with Crippen LogP contribution in [0.2, 0.25) is 0 Å². The van der Waals surface area contributed by atoms with E-state index in [1.807, 2.05) is 48.7 Å². The lowest BCUT2D eigenvalue weighted by Crippen LogP contribution is -2.33. The van der Waals surface area contributed by atoms with Crippen LogP contribution in [-0.4, -0.2) is 50.2 Å². The molecule has 2 aliphatic heterocycles. The molecule has 0 N–H and O–H groups in total. The van der Waals surface area contributed by atoms with Crippen molar-refractivity contribution in [3.8, 4) is 11.9 Å². The second-order valence-corrected chi connectivity index (χ2v) is 10.2. The van der Waals surface area contributed by atoms with Crippen LogP contribution >= 0.6 is 0 Å². The Labute approximate surface area is 231 Å². The number of benzene rings is 1. The van der Waals surface area contributed by atoms with Crippen LogP contribution in [0.1, 0.15) is 35.5 Å². The van der Waals surface area contributed by atoms with Crippen molar-refractivity contribution in [3.63, 3.8) is 0 Å². The molecule has 0 saturated carbocycles. The summed E-state index contributed by atoms with van der Waals surface area (Å²) in [4.78, 5) is 16.7. The number of nitrogens with zero attached hydrogens (tertiary/aromatic N) is 6. The normalized spacial score (nSPS) is 17.5. The third-order valence-electron chi connectivity index (χ3n) is 7.67. The lowest BCUT2D eigenvalue weighted by molar-refractivity contribution is -0.0592. The average molecular weight is 533 g/mol. The van der Waals surface area contributed by atoms with Gasteiger partial charge in [-0.1, -0.05) is 18.2 Å². The summed E-state index contributed by atoms with van der Waals surface area (Å²) in [6.45, 7) is 4.43. The van der Waals surface area contributed by atoms with E-state index in [0.29, 0.717) is 23.6 Å². The zero-order valence-electron chi connectivity index (χ0n) is 22.0. The van der Waals surface area contributed by atoms with E-state index in [1.165, 1.54) is 5.57 Å². The minimum atomic E-state index is 0.244. The van der Waals surface area contributed by atoms with Crippen LogP contribution in [0.4, 0.5) is 0 Å². The summed E-state index contributed by atoms with van der Waals surface area (Å²) in [6.07, 6.45) is 7.90. The van der Waals surface area contributed by atoms with Crippen molar-refractivity contribution in [1.82, 2.24) is 24.4 Å². The molecule has 1 saturated heterocycles. The largest absolute Gasteiger partial charge is 0.473 e. The number of imidazole rings is 1. The summed E-state index contributed by atoms with van der Waals surface area (Å²) in [7, 11) is 0. The Balaban J connectivity index is 1.03. The molecule has 0 spiro atoms. The Bertz CT molecular complexity index is 1760. The predicted octanol–water partition coefficient (Wildman–Crippen LogP) is 5.10. The van der Waals surface area contributed by atoms with Gasteiger partial charge in [-0.05, 0) is 48.7 Å². The monoisotopic (exact) mass is 532 g/mol. The van der Waals surface area contributed by atoms with Gasteiger partial charge >= 0.3 is 0 Å². The fourth-order valence-corrected chi connectivity index (χ4v) is 5.39. The lowest BCUT2D eigenvalue weighted by Gasteiger charge is -2.29. The second-order valence-electron chi connectivity index (χ2n) is 10.2. The minimum Gasteiger partial charge on any atom is -0.473 e. The summed E-state index contributed by atoms with van der Waals surface area (Å²) in [5.74, 6) is 1.59. The minimum absolute atomic E-state index is 0.244. The Kier molecular flexibility index (Phi) is 6.48. The van der Waals surface area contributed by atoms with E-state index in [-0.39, 0.29) is 6.10 Å². The molecular formula is C31H28N6O3. The van der Waals surface area contributed by atoms with Gasteiger partial charge in [0, 0.05) is 42.9 Å². The van der Waals surface area contributed by atoms with E-state index in [0.717, 1.165) is 79.3 Å². The van der Waals surface area contributed by atoms with Gasteiger partial charge in [-0.15, -0.1) is 0 Å². The first-order valence-corrected chi connectivity index (χ1v) is 13.6. The Morgan fingerprint density at radius 1 is 1.10 bits per heavy atom. The molecule has 0 unspecified atom stereocenters. The summed E-state index contributed by atoms with van der Waals surface area (Å²) >= 11 is 0. The molecule has 2 aliphatic rings. The van der Waals surface area contributed by atoms with E-state index in [9.17, 15) is 5.26 Å². The maximum Gasteiger partial charge on any atom is 0.214 e. The van der Waals surface area contributed by atoms with Crippen molar-refractivity contribution in [2.45, 2.75) is 38.6 Å². The van der Waals surface area contributed by atoms with E-state index in [1.54, 1.807) is 12.3 Å². The molecule has 9 nitrogen and oxygen atoms in total. The van der Waals surface area contributed by atoms with E-state index >= 15 is 0 Å². The van der Waals surface area contributed by atoms with Gasteiger partial charge in [-0.3, -0.25) is 4.90 Å². The smallest absolute Gasteiger partial charge is 0.214 e. The standard InChI is InChI=1S/C31H28N6O3/c32-17-22-6-7-23(30-25(22)11-16-39-30)20-40-29-5-1-3-26(35-29)21-8-13-36(14-9-21)19-28-34-27-4-2-12-33-31(27)37(28)18-24-10-15-38-24/h1-8,11-12,16,24H,9-10,13-15,18-20H2/t24-/m0/s1. The van der Waals surface area contributed by atoms with Crippen LogP contribution in [0.25, 0.3) is 27.7 Å². The van der Waals surface area contributed by atoms with Crippen molar-refractivity contribution < 1.29 is 13.9 Å². The SMILES string of the molecule is N#Cc1ccc(COc2cccc(C3=CCN(Cc4nc5cccnc5n4C[C@@H]4CCO4)CC3)n2)c2occc12. The number of pyridine rings is 2. The first kappa shape index (κ1) is 24.5. The maximum atomic E-state index is 9.33. The molecule has 0 bridgehead atoms. The molecule has 40 heavy (non-hydrogen) atoms. The van der Waals surface area contributed by atoms with E-state index in [2.05, 4.69) is 26.6 Å². The fourth-order valence-electron chi connectivity index (χ4n) is 5.39. The summed E-state index contributed by atoms with van der Waals surface area (Å²) in [5.41, 5.74) is 6.15. The van der Waals surface area contributed by atoms with Crippen LogP contribution in [0.15, 0.2) is 71.5 Å². The summed E-state index contributed by atoms with van der Waals surface area (Å²) in [6, 6.07) is 17.5. The average Bonchev–Trinajstić information content (AvgIpc) is 3.59. The molecule has 0 amide bonds. The summed E-state index contributed by atoms with van der Waals surface area (Å²) < 4.78 is 19.6. The van der Waals surface area contributed by atoms with Gasteiger partial charge in [-0.2, -0.15) is 5.26 Å². The van der Waals surface area contributed by atoms with Gasteiger partial charge < -0.3 is 18.5 Å². The number of ether oxygens (including phenoxy) is 2. The van der Waals surface area contributed by atoms with Gasteiger partial charge in [0.05, 0.1) is 42.8 Å². The van der Waals surface area contributed by atoms with Crippen LogP contribution < -0.4 is 4.74 Å². The molecule has 0 aliphatic carbocycles. The van der Waals surface area contributed by atoms with E-state index < -0.39 is 0 Å². The number of hydrogen-bond donors (Lipinski definition) is 0. The van der Waals surface area contributed by atoms with Gasteiger partial charge in [0.1, 0.15) is 23.5 Å². The molecule has 4 aromatic heterocycles. The molecule has 6 heterocycles. The summed E-state index contributed by atoms with van der Waals surface area (Å²) in [5, 5.41) is 10.1. The lowest BCUT2D eigenvalue weighted by atomic mass is 10.0. The third kappa shape index (κ3) is 4.72. The zero-order valence-corrected chi connectivity index (χ0v) is 22.0. The van der Waals surface area contributed by atoms with Crippen LogP contribution in [0, 0.1) is 11.3 Å². The predicted molar refractivity (Wildman–Crippen MR) is 149 cm³/mol. The number of aromatic nitrogens is 4. The second kappa shape index (κ2) is 10.6. The molecule has 0 radical (unpaired) electrons. The maximum absolute atomic E-state index is 9.33. The van der Waals surface area contributed by atoms with Gasteiger partial charge in [0.25, 0.3) is 0 Å². The highest BCUT2D eigenvalue weighted by Gasteiger charge is 2.24. The molecule has 1 atom stereocenters. The third-order valence-corrected chi connectivity index (χ3v) is 7.67. The van der Waals surface area contributed by atoms with Gasteiger partial charge in [0.2, 0.25) is 5.88 Å².